The second-order valence-corrected chi connectivity index (χ2v) is 8.64. The smallest absolute Gasteiger partial charge is 0.255 e. The van der Waals surface area contributed by atoms with E-state index in [1.54, 1.807) is 24.3 Å². The Kier molecular flexibility index (Phi) is 7.10. The molecule has 0 aromatic heterocycles. The number of ether oxygens (including phenoxy) is 1. The summed E-state index contributed by atoms with van der Waals surface area (Å²) in [5.41, 5.74) is 1.70. The van der Waals surface area contributed by atoms with E-state index in [-0.39, 0.29) is 22.8 Å². The Morgan fingerprint density at radius 1 is 1.00 bits per heavy atom. The van der Waals surface area contributed by atoms with Crippen LogP contribution in [0.1, 0.15) is 15.9 Å². The Hall–Kier alpha value is -2.87. The molecule has 0 saturated carbocycles. The summed E-state index contributed by atoms with van der Waals surface area (Å²) >= 11 is 5.94. The largest absolute Gasteiger partial charge is 0.495 e. The molecule has 0 spiro atoms. The Bertz CT molecular complexity index is 1130. The molecule has 2 N–H and O–H groups in total. The molecule has 3 rings (SSSR count). The van der Waals surface area contributed by atoms with Crippen molar-refractivity contribution in [3.63, 3.8) is 0 Å². The van der Waals surface area contributed by atoms with Crippen molar-refractivity contribution >= 4 is 33.2 Å². The number of nitrogens with one attached hydrogen (secondary N) is 2. The molecule has 0 saturated heterocycles. The zero-order valence-electron chi connectivity index (χ0n) is 16.3. The Balaban J connectivity index is 1.78. The van der Waals surface area contributed by atoms with E-state index in [2.05, 4.69) is 10.0 Å². The molecule has 3 aromatic rings. The van der Waals surface area contributed by atoms with Crippen LogP contribution in [-0.2, 0) is 16.4 Å². The molecular formula is C22H21ClN2O4S. The molecule has 3 aromatic carbocycles. The number of sulfonamides is 1. The molecule has 0 heterocycles. The van der Waals surface area contributed by atoms with E-state index in [4.69, 9.17) is 16.3 Å². The maximum atomic E-state index is 12.8. The molecule has 0 bridgehead atoms. The standard InChI is InChI=1S/C22H21ClN2O4S/c1-29-20-11-10-17(22(26)25-19-9-5-8-18(23)15-19)14-21(20)30(27,28)24-13-12-16-6-3-2-4-7-16/h2-11,14-15,24H,12-13H2,1H3,(H,25,26). The van der Waals surface area contributed by atoms with Crippen molar-refractivity contribution in [1.82, 2.24) is 4.72 Å². The molecular weight excluding hydrogens is 424 g/mol. The maximum absolute atomic E-state index is 12.8. The Labute approximate surface area is 180 Å². The zero-order valence-corrected chi connectivity index (χ0v) is 17.8. The summed E-state index contributed by atoms with van der Waals surface area (Å²) in [7, 11) is -2.51. The maximum Gasteiger partial charge on any atom is 0.255 e. The van der Waals surface area contributed by atoms with Gasteiger partial charge < -0.3 is 10.1 Å². The van der Waals surface area contributed by atoms with Crippen LogP contribution in [0, 0.1) is 0 Å². The Morgan fingerprint density at radius 3 is 2.47 bits per heavy atom. The lowest BCUT2D eigenvalue weighted by molar-refractivity contribution is 0.102. The first-order valence-corrected chi connectivity index (χ1v) is 11.0. The summed E-state index contributed by atoms with van der Waals surface area (Å²) < 4.78 is 33.4. The van der Waals surface area contributed by atoms with E-state index < -0.39 is 15.9 Å². The van der Waals surface area contributed by atoms with Crippen LogP contribution in [0.25, 0.3) is 0 Å². The zero-order chi connectivity index (χ0) is 21.6. The van der Waals surface area contributed by atoms with Crippen LogP contribution < -0.4 is 14.8 Å². The van der Waals surface area contributed by atoms with Crippen LogP contribution in [0.4, 0.5) is 5.69 Å². The summed E-state index contributed by atoms with van der Waals surface area (Å²) in [6.07, 6.45) is 0.539. The number of benzene rings is 3. The minimum atomic E-state index is -3.88. The molecule has 0 aliphatic rings. The first-order valence-electron chi connectivity index (χ1n) is 9.17. The van der Waals surface area contributed by atoms with Crippen LogP contribution >= 0.6 is 11.6 Å². The number of carbonyl (C=O) groups excluding carboxylic acids is 1. The molecule has 6 nitrogen and oxygen atoms in total. The highest BCUT2D eigenvalue weighted by atomic mass is 35.5. The van der Waals surface area contributed by atoms with Gasteiger partial charge in [0, 0.05) is 22.8 Å². The number of hydrogen-bond donors (Lipinski definition) is 2. The van der Waals surface area contributed by atoms with Gasteiger partial charge in [0.25, 0.3) is 5.91 Å². The predicted molar refractivity (Wildman–Crippen MR) is 118 cm³/mol. The van der Waals surface area contributed by atoms with E-state index in [9.17, 15) is 13.2 Å². The highest BCUT2D eigenvalue weighted by Crippen LogP contribution is 2.25. The van der Waals surface area contributed by atoms with Crippen LogP contribution in [-0.4, -0.2) is 28.0 Å². The number of rotatable bonds is 8. The third-order valence-electron chi connectivity index (χ3n) is 4.35. The second-order valence-electron chi connectivity index (χ2n) is 6.46. The number of carbonyl (C=O) groups is 1. The first-order chi connectivity index (χ1) is 14.4. The van der Waals surface area contributed by atoms with Gasteiger partial charge in [0.15, 0.2) is 0 Å². The van der Waals surface area contributed by atoms with Crippen molar-refractivity contribution in [2.45, 2.75) is 11.3 Å². The first kappa shape index (κ1) is 21.8. The quantitative estimate of drug-likeness (QED) is 0.547. The molecule has 0 unspecified atom stereocenters. The average molecular weight is 445 g/mol. The fraction of sp³-hybridized carbons (Fsp3) is 0.136. The molecule has 8 heteroatoms. The van der Waals surface area contributed by atoms with Gasteiger partial charge >= 0.3 is 0 Å². The van der Waals surface area contributed by atoms with Gasteiger partial charge in [0.05, 0.1) is 7.11 Å². The summed E-state index contributed by atoms with van der Waals surface area (Å²) in [4.78, 5) is 12.5. The number of anilines is 1. The van der Waals surface area contributed by atoms with Crippen LogP contribution in [0.15, 0.2) is 77.7 Å². The molecule has 156 valence electrons. The van der Waals surface area contributed by atoms with Gasteiger partial charge in [-0.25, -0.2) is 13.1 Å². The minimum Gasteiger partial charge on any atom is -0.495 e. The average Bonchev–Trinajstić information content (AvgIpc) is 2.74. The van der Waals surface area contributed by atoms with Crippen molar-refractivity contribution in [3.05, 3.63) is 88.9 Å². The van der Waals surface area contributed by atoms with Gasteiger partial charge in [0.2, 0.25) is 10.0 Å². The van der Waals surface area contributed by atoms with E-state index in [0.29, 0.717) is 17.1 Å². The molecule has 30 heavy (non-hydrogen) atoms. The fourth-order valence-electron chi connectivity index (χ4n) is 2.85. The van der Waals surface area contributed by atoms with Crippen molar-refractivity contribution in [2.75, 3.05) is 19.0 Å². The van der Waals surface area contributed by atoms with Crippen LogP contribution in [0.3, 0.4) is 0 Å². The van der Waals surface area contributed by atoms with Crippen molar-refractivity contribution in [3.8, 4) is 5.75 Å². The topological polar surface area (TPSA) is 84.5 Å². The van der Waals surface area contributed by atoms with Gasteiger partial charge in [-0.05, 0) is 48.4 Å². The van der Waals surface area contributed by atoms with Crippen LogP contribution in [0.5, 0.6) is 5.75 Å². The number of amides is 1. The van der Waals surface area contributed by atoms with Crippen LogP contribution in [0.2, 0.25) is 5.02 Å². The molecule has 1 amide bonds. The highest BCUT2D eigenvalue weighted by molar-refractivity contribution is 7.89. The second kappa shape index (κ2) is 9.75. The fourth-order valence-corrected chi connectivity index (χ4v) is 4.26. The normalized spacial score (nSPS) is 11.1. The third kappa shape index (κ3) is 5.60. The summed E-state index contributed by atoms with van der Waals surface area (Å²) in [6.45, 7) is 0.217. The molecule has 0 radical (unpaired) electrons. The lowest BCUT2D eigenvalue weighted by Crippen LogP contribution is -2.27. The molecule has 0 aliphatic heterocycles. The Morgan fingerprint density at radius 2 is 1.77 bits per heavy atom. The number of halogens is 1. The van der Waals surface area contributed by atoms with E-state index >= 15 is 0 Å². The van der Waals surface area contributed by atoms with Gasteiger partial charge in [-0.2, -0.15) is 0 Å². The minimum absolute atomic E-state index is 0.100. The van der Waals surface area contributed by atoms with Gasteiger partial charge in [-0.15, -0.1) is 0 Å². The lowest BCUT2D eigenvalue weighted by atomic mass is 10.2. The summed E-state index contributed by atoms with van der Waals surface area (Å²) in [5.74, 6) is -0.304. The van der Waals surface area contributed by atoms with Crippen molar-refractivity contribution < 1.29 is 17.9 Å². The van der Waals surface area contributed by atoms with E-state index in [1.807, 2.05) is 30.3 Å². The van der Waals surface area contributed by atoms with Crippen molar-refractivity contribution in [1.29, 1.82) is 0 Å². The monoisotopic (exact) mass is 444 g/mol. The third-order valence-corrected chi connectivity index (χ3v) is 6.06. The van der Waals surface area contributed by atoms with Gasteiger partial charge in [-0.3, -0.25) is 4.79 Å². The molecule has 0 fully saturated rings. The molecule has 0 atom stereocenters. The highest BCUT2D eigenvalue weighted by Gasteiger charge is 2.21. The number of methoxy groups -OCH3 is 1. The SMILES string of the molecule is COc1ccc(C(=O)Nc2cccc(Cl)c2)cc1S(=O)(=O)NCCc1ccccc1. The molecule has 0 aliphatic carbocycles. The van der Waals surface area contributed by atoms with E-state index in [1.165, 1.54) is 25.3 Å². The predicted octanol–water partition coefficient (Wildman–Crippen LogP) is 4.12. The van der Waals surface area contributed by atoms with Crippen molar-refractivity contribution in [2.24, 2.45) is 0 Å². The van der Waals surface area contributed by atoms with E-state index in [0.717, 1.165) is 5.56 Å². The summed E-state index contributed by atoms with van der Waals surface area (Å²) in [5, 5.41) is 3.18. The summed E-state index contributed by atoms with van der Waals surface area (Å²) in [6, 6.07) is 20.5. The van der Waals surface area contributed by atoms with Gasteiger partial charge in [-0.1, -0.05) is 48.0 Å². The van der Waals surface area contributed by atoms with Gasteiger partial charge in [0.1, 0.15) is 10.6 Å². The number of hydrogen-bond acceptors (Lipinski definition) is 4. The lowest BCUT2D eigenvalue weighted by Gasteiger charge is -2.13.